The standard InChI is InChI=1S/C18H20N6/c1-11-5-3-4-6-14(11)20-18-19-10-12(2)17(22-18)21-16-9-15(23-24-16)13-7-8-13/h3-6,9-10,13H,7-8H2,1-2H3,(H3,19,20,21,22,23,24). The Morgan fingerprint density at radius 3 is 2.71 bits per heavy atom. The second-order valence-electron chi connectivity index (χ2n) is 6.27. The summed E-state index contributed by atoms with van der Waals surface area (Å²) >= 11 is 0. The Morgan fingerprint density at radius 1 is 1.08 bits per heavy atom. The van der Waals surface area contributed by atoms with E-state index in [4.69, 9.17) is 0 Å². The van der Waals surface area contributed by atoms with E-state index in [1.165, 1.54) is 18.5 Å². The number of nitrogens with zero attached hydrogens (tertiary/aromatic N) is 3. The molecule has 0 aliphatic heterocycles. The number of aromatic amines is 1. The van der Waals surface area contributed by atoms with Crippen LogP contribution in [0.1, 0.15) is 35.6 Å². The van der Waals surface area contributed by atoms with Crippen LogP contribution >= 0.6 is 0 Å². The number of aryl methyl sites for hydroxylation is 2. The molecule has 6 heteroatoms. The van der Waals surface area contributed by atoms with Gasteiger partial charge in [0.15, 0.2) is 5.82 Å². The molecule has 0 unspecified atom stereocenters. The summed E-state index contributed by atoms with van der Waals surface area (Å²) in [5.74, 6) is 2.77. The van der Waals surface area contributed by atoms with E-state index in [2.05, 4.69) is 49.9 Å². The van der Waals surface area contributed by atoms with Crippen molar-refractivity contribution in [2.45, 2.75) is 32.6 Å². The van der Waals surface area contributed by atoms with Crippen molar-refractivity contribution in [2.24, 2.45) is 0 Å². The zero-order valence-corrected chi connectivity index (χ0v) is 13.8. The van der Waals surface area contributed by atoms with Crippen LogP contribution in [0.2, 0.25) is 0 Å². The van der Waals surface area contributed by atoms with Crippen molar-refractivity contribution in [2.75, 3.05) is 10.6 Å². The molecule has 1 aliphatic rings. The van der Waals surface area contributed by atoms with Crippen LogP contribution in [0.15, 0.2) is 36.5 Å². The molecule has 0 bridgehead atoms. The van der Waals surface area contributed by atoms with Gasteiger partial charge >= 0.3 is 0 Å². The molecule has 122 valence electrons. The van der Waals surface area contributed by atoms with Gasteiger partial charge in [-0.05, 0) is 38.3 Å². The summed E-state index contributed by atoms with van der Waals surface area (Å²) in [6, 6.07) is 10.1. The van der Waals surface area contributed by atoms with Gasteiger partial charge in [0.25, 0.3) is 0 Å². The van der Waals surface area contributed by atoms with Crippen LogP contribution in [0.4, 0.5) is 23.3 Å². The lowest BCUT2D eigenvalue weighted by atomic mass is 10.2. The summed E-state index contributed by atoms with van der Waals surface area (Å²) < 4.78 is 0. The van der Waals surface area contributed by atoms with E-state index in [0.717, 1.165) is 28.5 Å². The van der Waals surface area contributed by atoms with Crippen molar-refractivity contribution < 1.29 is 0 Å². The van der Waals surface area contributed by atoms with E-state index >= 15 is 0 Å². The second kappa shape index (κ2) is 5.96. The van der Waals surface area contributed by atoms with Gasteiger partial charge in [-0.1, -0.05) is 18.2 Å². The predicted molar refractivity (Wildman–Crippen MR) is 95.1 cm³/mol. The molecule has 0 saturated heterocycles. The molecule has 2 aromatic heterocycles. The van der Waals surface area contributed by atoms with Crippen molar-refractivity contribution in [3.63, 3.8) is 0 Å². The first-order chi connectivity index (χ1) is 11.7. The van der Waals surface area contributed by atoms with Gasteiger partial charge in [-0.2, -0.15) is 10.1 Å². The number of hydrogen-bond acceptors (Lipinski definition) is 5. The third-order valence-electron chi connectivity index (χ3n) is 4.22. The molecule has 0 radical (unpaired) electrons. The minimum atomic E-state index is 0.565. The Hall–Kier alpha value is -2.89. The van der Waals surface area contributed by atoms with Gasteiger partial charge in [-0.3, -0.25) is 5.10 Å². The monoisotopic (exact) mass is 320 g/mol. The molecule has 4 rings (SSSR count). The first-order valence-electron chi connectivity index (χ1n) is 8.17. The first kappa shape index (κ1) is 14.7. The van der Waals surface area contributed by atoms with E-state index in [0.29, 0.717) is 11.9 Å². The van der Waals surface area contributed by atoms with Crippen LogP contribution in [0.3, 0.4) is 0 Å². The number of rotatable bonds is 5. The number of H-pyrrole nitrogens is 1. The highest BCUT2D eigenvalue weighted by Crippen LogP contribution is 2.39. The fraction of sp³-hybridized carbons (Fsp3) is 0.278. The summed E-state index contributed by atoms with van der Waals surface area (Å²) in [7, 11) is 0. The Morgan fingerprint density at radius 2 is 1.92 bits per heavy atom. The molecule has 1 aromatic carbocycles. The highest BCUT2D eigenvalue weighted by Gasteiger charge is 2.25. The maximum atomic E-state index is 4.59. The molecule has 1 fully saturated rings. The minimum absolute atomic E-state index is 0.565. The van der Waals surface area contributed by atoms with Crippen molar-refractivity contribution in [3.8, 4) is 0 Å². The van der Waals surface area contributed by atoms with Gasteiger partial charge in [-0.25, -0.2) is 4.98 Å². The average molecular weight is 320 g/mol. The molecule has 0 spiro atoms. The lowest BCUT2D eigenvalue weighted by Crippen LogP contribution is -2.03. The Bertz CT molecular complexity index is 865. The summed E-state index contributed by atoms with van der Waals surface area (Å²) in [6.45, 7) is 4.03. The number of para-hydroxylation sites is 1. The molecule has 2 heterocycles. The zero-order valence-electron chi connectivity index (χ0n) is 13.8. The fourth-order valence-electron chi connectivity index (χ4n) is 2.59. The highest BCUT2D eigenvalue weighted by atomic mass is 15.2. The lowest BCUT2D eigenvalue weighted by molar-refractivity contribution is 0.966. The molecule has 0 amide bonds. The highest BCUT2D eigenvalue weighted by molar-refractivity contribution is 5.62. The predicted octanol–water partition coefficient (Wildman–Crippen LogP) is 4.18. The van der Waals surface area contributed by atoms with Crippen LogP contribution in [0, 0.1) is 13.8 Å². The zero-order chi connectivity index (χ0) is 16.5. The van der Waals surface area contributed by atoms with Crippen molar-refractivity contribution in [3.05, 3.63) is 53.3 Å². The molecule has 3 aromatic rings. The van der Waals surface area contributed by atoms with Gasteiger partial charge in [0.1, 0.15) is 5.82 Å². The lowest BCUT2D eigenvalue weighted by Gasteiger charge is -2.10. The summed E-state index contributed by atoms with van der Waals surface area (Å²) in [5, 5.41) is 14.0. The Balaban J connectivity index is 1.55. The van der Waals surface area contributed by atoms with Crippen molar-refractivity contribution in [1.82, 2.24) is 20.2 Å². The number of anilines is 4. The van der Waals surface area contributed by atoms with E-state index in [-0.39, 0.29) is 0 Å². The van der Waals surface area contributed by atoms with E-state index in [1.54, 1.807) is 0 Å². The summed E-state index contributed by atoms with van der Waals surface area (Å²) in [6.07, 6.45) is 4.31. The number of hydrogen-bond donors (Lipinski definition) is 3. The maximum Gasteiger partial charge on any atom is 0.229 e. The van der Waals surface area contributed by atoms with Gasteiger partial charge in [0.05, 0.1) is 0 Å². The van der Waals surface area contributed by atoms with E-state index in [9.17, 15) is 0 Å². The molecule has 1 aliphatic carbocycles. The summed E-state index contributed by atoms with van der Waals surface area (Å²) in [4.78, 5) is 8.96. The van der Waals surface area contributed by atoms with Crippen LogP contribution in [-0.4, -0.2) is 20.2 Å². The SMILES string of the molecule is Cc1ccccc1Nc1ncc(C)c(Nc2cc(C3CC3)[nH]n2)n1. The molecular weight excluding hydrogens is 300 g/mol. The molecule has 1 saturated carbocycles. The van der Waals surface area contributed by atoms with E-state index < -0.39 is 0 Å². The number of benzene rings is 1. The summed E-state index contributed by atoms with van der Waals surface area (Å²) in [5.41, 5.74) is 4.32. The minimum Gasteiger partial charge on any atom is -0.324 e. The van der Waals surface area contributed by atoms with Gasteiger partial charge < -0.3 is 10.6 Å². The molecule has 0 atom stereocenters. The Kier molecular flexibility index (Phi) is 3.65. The van der Waals surface area contributed by atoms with Crippen LogP contribution in [0.25, 0.3) is 0 Å². The topological polar surface area (TPSA) is 78.5 Å². The van der Waals surface area contributed by atoms with Crippen LogP contribution in [-0.2, 0) is 0 Å². The number of aromatic nitrogens is 4. The Labute approximate surface area is 140 Å². The fourth-order valence-corrected chi connectivity index (χ4v) is 2.59. The van der Waals surface area contributed by atoms with Crippen molar-refractivity contribution in [1.29, 1.82) is 0 Å². The van der Waals surface area contributed by atoms with Gasteiger partial charge in [-0.15, -0.1) is 0 Å². The largest absolute Gasteiger partial charge is 0.324 e. The maximum absolute atomic E-state index is 4.59. The molecule has 6 nitrogen and oxygen atoms in total. The second-order valence-corrected chi connectivity index (χ2v) is 6.27. The first-order valence-corrected chi connectivity index (χ1v) is 8.17. The average Bonchev–Trinajstić information content (AvgIpc) is 3.33. The quantitative estimate of drug-likeness (QED) is 0.657. The smallest absolute Gasteiger partial charge is 0.229 e. The van der Waals surface area contributed by atoms with E-state index in [1.807, 2.05) is 31.3 Å². The van der Waals surface area contributed by atoms with Crippen LogP contribution < -0.4 is 10.6 Å². The normalized spacial score (nSPS) is 13.8. The molecule has 24 heavy (non-hydrogen) atoms. The number of nitrogens with one attached hydrogen (secondary N) is 3. The van der Waals surface area contributed by atoms with Crippen molar-refractivity contribution >= 4 is 23.3 Å². The molecular formula is C18H20N6. The third kappa shape index (κ3) is 3.08. The molecule has 3 N–H and O–H groups in total. The van der Waals surface area contributed by atoms with Gasteiger partial charge in [0, 0.05) is 35.1 Å². The third-order valence-corrected chi connectivity index (χ3v) is 4.22. The van der Waals surface area contributed by atoms with Gasteiger partial charge in [0.2, 0.25) is 5.95 Å². The van der Waals surface area contributed by atoms with Crippen LogP contribution in [0.5, 0.6) is 0 Å².